The molecule has 1 fully saturated rings. The molecule has 1 saturated heterocycles. The van der Waals surface area contributed by atoms with E-state index >= 15 is 0 Å². The summed E-state index contributed by atoms with van der Waals surface area (Å²) >= 11 is 0. The van der Waals surface area contributed by atoms with Gasteiger partial charge in [0.15, 0.2) is 5.69 Å². The summed E-state index contributed by atoms with van der Waals surface area (Å²) in [5, 5.41) is 14.3. The Kier molecular flexibility index (Phi) is 4.84. The lowest BCUT2D eigenvalue weighted by molar-refractivity contribution is 0.101. The second kappa shape index (κ2) is 7.59. The van der Waals surface area contributed by atoms with Crippen LogP contribution in [0, 0.1) is 5.92 Å². The summed E-state index contributed by atoms with van der Waals surface area (Å²) in [6.07, 6.45) is 4.14. The lowest BCUT2D eigenvalue weighted by Gasteiger charge is -2.12. The number of fused-ring (bicyclic) bond motifs is 1. The number of anilines is 1. The number of carbonyl (C=O) groups is 1. The number of benzene rings is 1. The highest BCUT2D eigenvalue weighted by atomic mass is 16.5. The summed E-state index contributed by atoms with van der Waals surface area (Å²) in [6, 6.07) is 10.3. The number of nitrogens with zero attached hydrogens (tertiary/aromatic N) is 2. The van der Waals surface area contributed by atoms with Crippen LogP contribution in [-0.4, -0.2) is 40.8 Å². The monoisotopic (exact) mass is 365 g/mol. The Morgan fingerprint density at radius 1 is 1.26 bits per heavy atom. The largest absolute Gasteiger partial charge is 0.505 e. The van der Waals surface area contributed by atoms with Crippen LogP contribution in [0.1, 0.15) is 16.9 Å². The normalized spacial score (nSPS) is 16.4. The quantitative estimate of drug-likeness (QED) is 0.722. The highest BCUT2D eigenvalue weighted by Crippen LogP contribution is 2.27. The molecule has 7 nitrogen and oxygen atoms in total. The number of ether oxygens (including phenoxy) is 2. The minimum Gasteiger partial charge on any atom is -0.505 e. The standard InChI is InChI=1S/C20H19N3O4/c24-17-2-1-7-21-18(17)19(25)23-15-3-4-16-14(10-15)5-8-22-20(16)27-12-13-6-9-26-11-13/h1-5,7-8,10,13,24H,6,9,11-12H2,(H,23,25)/t13-/m1/s1. The molecule has 0 aliphatic carbocycles. The maximum absolute atomic E-state index is 12.3. The van der Waals surface area contributed by atoms with Gasteiger partial charge in [-0.1, -0.05) is 0 Å². The molecule has 1 aliphatic heterocycles. The van der Waals surface area contributed by atoms with E-state index in [4.69, 9.17) is 9.47 Å². The van der Waals surface area contributed by atoms with Crippen LogP contribution in [0.5, 0.6) is 11.6 Å². The summed E-state index contributed by atoms with van der Waals surface area (Å²) < 4.78 is 11.3. The maximum atomic E-state index is 12.3. The van der Waals surface area contributed by atoms with E-state index in [9.17, 15) is 9.90 Å². The predicted molar refractivity (Wildman–Crippen MR) is 100 cm³/mol. The van der Waals surface area contributed by atoms with E-state index in [1.165, 1.54) is 12.3 Å². The molecular weight excluding hydrogens is 346 g/mol. The van der Waals surface area contributed by atoms with Gasteiger partial charge in [0.05, 0.1) is 13.2 Å². The molecule has 0 spiro atoms. The van der Waals surface area contributed by atoms with Crippen molar-refractivity contribution in [3.8, 4) is 11.6 Å². The van der Waals surface area contributed by atoms with Crippen molar-refractivity contribution in [1.82, 2.24) is 9.97 Å². The Labute approximate surface area is 156 Å². The Hall–Kier alpha value is -3.19. The fourth-order valence-corrected chi connectivity index (χ4v) is 3.02. The third kappa shape index (κ3) is 3.83. The first kappa shape index (κ1) is 17.2. The highest BCUT2D eigenvalue weighted by Gasteiger charge is 2.17. The van der Waals surface area contributed by atoms with Gasteiger partial charge in [0.1, 0.15) is 5.75 Å². The molecule has 3 heterocycles. The Morgan fingerprint density at radius 3 is 3.00 bits per heavy atom. The third-order valence-electron chi connectivity index (χ3n) is 4.47. The number of aromatic hydroxyl groups is 1. The van der Waals surface area contributed by atoms with Gasteiger partial charge in [-0.05, 0) is 48.2 Å². The Morgan fingerprint density at radius 2 is 2.19 bits per heavy atom. The molecule has 2 N–H and O–H groups in total. The summed E-state index contributed by atoms with van der Waals surface area (Å²) in [4.78, 5) is 20.5. The molecule has 27 heavy (non-hydrogen) atoms. The molecule has 1 aromatic carbocycles. The first-order valence-electron chi connectivity index (χ1n) is 8.75. The lowest BCUT2D eigenvalue weighted by atomic mass is 10.1. The van der Waals surface area contributed by atoms with Gasteiger partial charge in [0.2, 0.25) is 5.88 Å². The number of amides is 1. The maximum Gasteiger partial charge on any atom is 0.278 e. The van der Waals surface area contributed by atoms with Crippen molar-refractivity contribution >= 4 is 22.4 Å². The van der Waals surface area contributed by atoms with E-state index < -0.39 is 5.91 Å². The van der Waals surface area contributed by atoms with Crippen molar-refractivity contribution in [1.29, 1.82) is 0 Å². The zero-order chi connectivity index (χ0) is 18.6. The number of pyridine rings is 2. The van der Waals surface area contributed by atoms with E-state index in [0.717, 1.165) is 30.4 Å². The van der Waals surface area contributed by atoms with Crippen LogP contribution in [0.3, 0.4) is 0 Å². The second-order valence-electron chi connectivity index (χ2n) is 6.42. The predicted octanol–water partition coefficient (Wildman–Crippen LogP) is 3.00. The first-order valence-corrected chi connectivity index (χ1v) is 8.75. The summed E-state index contributed by atoms with van der Waals surface area (Å²) in [6.45, 7) is 2.08. The number of aromatic nitrogens is 2. The molecule has 1 aliphatic rings. The highest BCUT2D eigenvalue weighted by molar-refractivity contribution is 6.05. The van der Waals surface area contributed by atoms with Crippen LogP contribution in [0.25, 0.3) is 10.8 Å². The number of hydrogen-bond donors (Lipinski definition) is 2. The molecule has 138 valence electrons. The van der Waals surface area contributed by atoms with Gasteiger partial charge in [-0.3, -0.25) is 4.79 Å². The minimum atomic E-state index is -0.473. The number of hydrogen-bond acceptors (Lipinski definition) is 6. The molecule has 0 radical (unpaired) electrons. The average Bonchev–Trinajstić information content (AvgIpc) is 3.20. The lowest BCUT2D eigenvalue weighted by Crippen LogP contribution is -2.14. The zero-order valence-electron chi connectivity index (χ0n) is 14.6. The molecular formula is C20H19N3O4. The molecule has 0 bridgehead atoms. The van der Waals surface area contributed by atoms with Crippen LogP contribution in [-0.2, 0) is 4.74 Å². The van der Waals surface area contributed by atoms with Crippen molar-refractivity contribution in [2.45, 2.75) is 6.42 Å². The molecule has 4 rings (SSSR count). The van der Waals surface area contributed by atoms with Gasteiger partial charge in [-0.2, -0.15) is 0 Å². The summed E-state index contributed by atoms with van der Waals surface area (Å²) in [7, 11) is 0. The van der Waals surface area contributed by atoms with E-state index in [2.05, 4.69) is 15.3 Å². The van der Waals surface area contributed by atoms with Crippen molar-refractivity contribution in [3.63, 3.8) is 0 Å². The van der Waals surface area contributed by atoms with Crippen LogP contribution in [0.2, 0.25) is 0 Å². The SMILES string of the molecule is O=C(Nc1ccc2c(OC[C@@H]3CCOC3)nccc2c1)c1ncccc1O. The van der Waals surface area contributed by atoms with Crippen LogP contribution >= 0.6 is 0 Å². The van der Waals surface area contributed by atoms with Crippen LogP contribution in [0.15, 0.2) is 48.8 Å². The molecule has 0 unspecified atom stereocenters. The average molecular weight is 365 g/mol. The van der Waals surface area contributed by atoms with Crippen molar-refractivity contribution in [2.75, 3.05) is 25.1 Å². The molecule has 1 atom stereocenters. The van der Waals surface area contributed by atoms with Crippen LogP contribution in [0.4, 0.5) is 5.69 Å². The van der Waals surface area contributed by atoms with E-state index in [1.54, 1.807) is 18.3 Å². The van der Waals surface area contributed by atoms with Gasteiger partial charge in [0, 0.05) is 36.0 Å². The third-order valence-corrected chi connectivity index (χ3v) is 4.47. The van der Waals surface area contributed by atoms with E-state index in [0.29, 0.717) is 24.1 Å². The molecule has 1 amide bonds. The summed E-state index contributed by atoms with van der Waals surface area (Å²) in [5.74, 6) is 0.331. The van der Waals surface area contributed by atoms with Crippen LogP contribution < -0.4 is 10.1 Å². The smallest absolute Gasteiger partial charge is 0.278 e. The Balaban J connectivity index is 1.52. The van der Waals surface area contributed by atoms with Gasteiger partial charge >= 0.3 is 0 Å². The first-order chi connectivity index (χ1) is 13.2. The fourth-order valence-electron chi connectivity index (χ4n) is 3.02. The number of nitrogens with one attached hydrogen (secondary N) is 1. The topological polar surface area (TPSA) is 93.6 Å². The number of carbonyl (C=O) groups excluding carboxylic acids is 1. The Bertz CT molecular complexity index is 970. The van der Waals surface area contributed by atoms with Gasteiger partial charge < -0.3 is 19.9 Å². The van der Waals surface area contributed by atoms with Crippen molar-refractivity contribution in [3.05, 3.63) is 54.5 Å². The summed E-state index contributed by atoms with van der Waals surface area (Å²) in [5.41, 5.74) is 0.578. The van der Waals surface area contributed by atoms with Gasteiger partial charge in [0.25, 0.3) is 5.91 Å². The molecule has 0 saturated carbocycles. The fraction of sp³-hybridized carbons (Fsp3) is 0.250. The molecule has 3 aromatic rings. The van der Waals surface area contributed by atoms with E-state index in [-0.39, 0.29) is 11.4 Å². The zero-order valence-corrected chi connectivity index (χ0v) is 14.6. The molecule has 7 heteroatoms. The van der Waals surface area contributed by atoms with Gasteiger partial charge in [-0.25, -0.2) is 9.97 Å². The van der Waals surface area contributed by atoms with Crippen molar-refractivity contribution in [2.24, 2.45) is 5.92 Å². The van der Waals surface area contributed by atoms with Gasteiger partial charge in [-0.15, -0.1) is 0 Å². The van der Waals surface area contributed by atoms with E-state index in [1.807, 2.05) is 18.2 Å². The van der Waals surface area contributed by atoms with Crippen molar-refractivity contribution < 1.29 is 19.4 Å². The number of rotatable bonds is 5. The second-order valence-corrected chi connectivity index (χ2v) is 6.42. The minimum absolute atomic E-state index is 0.0184. The molecule has 2 aromatic heterocycles.